The van der Waals surface area contributed by atoms with Crippen LogP contribution in [-0.4, -0.2) is 28.3 Å². The van der Waals surface area contributed by atoms with Crippen molar-refractivity contribution < 1.29 is 14.2 Å². The fraction of sp³-hybridized carbons (Fsp3) is 0.286. The molecular formula is C14H15ClFN3O2. The highest BCUT2D eigenvalue weighted by molar-refractivity contribution is 6.31. The lowest BCUT2D eigenvalue weighted by Gasteiger charge is -2.17. The Bertz CT molecular complexity index is 613. The third-order valence-electron chi connectivity index (χ3n) is 2.73. The maximum absolute atomic E-state index is 13.2. The number of benzene rings is 1. The van der Waals surface area contributed by atoms with Gasteiger partial charge >= 0.3 is 0 Å². The number of aliphatic hydroxyl groups excluding tert-OH is 1. The number of halogens is 2. The van der Waals surface area contributed by atoms with Crippen LogP contribution in [0.2, 0.25) is 5.02 Å². The van der Waals surface area contributed by atoms with E-state index < -0.39 is 6.04 Å². The third kappa shape index (κ3) is 4.03. The van der Waals surface area contributed by atoms with Crippen LogP contribution >= 0.6 is 11.6 Å². The molecular weight excluding hydrogens is 297 g/mol. The summed E-state index contributed by atoms with van der Waals surface area (Å²) < 4.78 is 18.5. The summed E-state index contributed by atoms with van der Waals surface area (Å²) >= 11 is 5.91. The first kappa shape index (κ1) is 15.5. The summed E-state index contributed by atoms with van der Waals surface area (Å²) in [6, 6.07) is 5.42. The van der Waals surface area contributed by atoms with E-state index in [1.165, 1.54) is 18.3 Å². The van der Waals surface area contributed by atoms with Gasteiger partial charge in [0.15, 0.2) is 0 Å². The van der Waals surface area contributed by atoms with Crippen molar-refractivity contribution in [2.24, 2.45) is 0 Å². The summed E-state index contributed by atoms with van der Waals surface area (Å²) in [5, 5.41) is 12.7. The molecule has 1 atom stereocenters. The zero-order valence-electron chi connectivity index (χ0n) is 11.4. The highest BCUT2D eigenvalue weighted by Crippen LogP contribution is 2.24. The molecule has 112 valence electrons. The molecule has 0 bridgehead atoms. The van der Waals surface area contributed by atoms with Crippen LogP contribution in [0.15, 0.2) is 30.5 Å². The Kier molecular flexibility index (Phi) is 5.30. The Hall–Kier alpha value is -1.92. The monoisotopic (exact) mass is 311 g/mol. The SMILES string of the molecule is CCOc1nc(NC(CO)c2cccc(F)c2)ncc1Cl. The second kappa shape index (κ2) is 7.19. The molecule has 0 aliphatic rings. The van der Waals surface area contributed by atoms with Gasteiger partial charge in [0.05, 0.1) is 25.5 Å². The van der Waals surface area contributed by atoms with Gasteiger partial charge in [0, 0.05) is 0 Å². The number of aromatic nitrogens is 2. The molecule has 1 aromatic carbocycles. The molecule has 7 heteroatoms. The van der Waals surface area contributed by atoms with E-state index >= 15 is 0 Å². The van der Waals surface area contributed by atoms with Crippen molar-refractivity contribution in [3.05, 3.63) is 46.9 Å². The van der Waals surface area contributed by atoms with Crippen LogP contribution in [0.1, 0.15) is 18.5 Å². The van der Waals surface area contributed by atoms with Crippen molar-refractivity contribution in [3.63, 3.8) is 0 Å². The Morgan fingerprint density at radius 2 is 2.29 bits per heavy atom. The van der Waals surface area contributed by atoms with E-state index in [0.29, 0.717) is 17.2 Å². The third-order valence-corrected chi connectivity index (χ3v) is 2.99. The standard InChI is InChI=1S/C14H15ClFN3O2/c1-2-21-13-11(15)7-17-14(19-13)18-12(8-20)9-4-3-5-10(16)6-9/h3-7,12,20H,2,8H2,1H3,(H,17,18,19). The molecule has 0 saturated carbocycles. The molecule has 21 heavy (non-hydrogen) atoms. The fourth-order valence-corrected chi connectivity index (χ4v) is 1.92. The van der Waals surface area contributed by atoms with Gasteiger partial charge in [0.1, 0.15) is 10.8 Å². The lowest BCUT2D eigenvalue weighted by Crippen LogP contribution is -2.17. The zero-order valence-corrected chi connectivity index (χ0v) is 12.1. The minimum atomic E-state index is -0.531. The van der Waals surface area contributed by atoms with Gasteiger partial charge in [-0.3, -0.25) is 0 Å². The van der Waals surface area contributed by atoms with Gasteiger partial charge in [-0.25, -0.2) is 9.37 Å². The van der Waals surface area contributed by atoms with Crippen LogP contribution in [-0.2, 0) is 0 Å². The second-order valence-corrected chi connectivity index (χ2v) is 4.62. The molecule has 2 aromatic rings. The minimum absolute atomic E-state index is 0.237. The summed E-state index contributed by atoms with van der Waals surface area (Å²) in [6.07, 6.45) is 1.40. The molecule has 0 spiro atoms. The van der Waals surface area contributed by atoms with Crippen LogP contribution in [0.3, 0.4) is 0 Å². The Morgan fingerprint density at radius 3 is 2.95 bits per heavy atom. The lowest BCUT2D eigenvalue weighted by atomic mass is 10.1. The van der Waals surface area contributed by atoms with E-state index in [-0.39, 0.29) is 24.3 Å². The Balaban J connectivity index is 2.20. The van der Waals surface area contributed by atoms with Gasteiger partial charge in [-0.15, -0.1) is 0 Å². The zero-order chi connectivity index (χ0) is 15.2. The van der Waals surface area contributed by atoms with Crippen molar-refractivity contribution >= 4 is 17.5 Å². The maximum Gasteiger partial charge on any atom is 0.237 e. The summed E-state index contributed by atoms with van der Waals surface area (Å²) in [4.78, 5) is 8.13. The number of anilines is 1. The number of nitrogens with one attached hydrogen (secondary N) is 1. The molecule has 0 aliphatic carbocycles. The highest BCUT2D eigenvalue weighted by atomic mass is 35.5. The van der Waals surface area contributed by atoms with Crippen molar-refractivity contribution in [1.82, 2.24) is 9.97 Å². The van der Waals surface area contributed by atoms with E-state index in [9.17, 15) is 9.50 Å². The van der Waals surface area contributed by atoms with E-state index in [2.05, 4.69) is 15.3 Å². The molecule has 0 radical (unpaired) electrons. The first-order valence-corrected chi connectivity index (χ1v) is 6.80. The molecule has 1 unspecified atom stereocenters. The first-order chi connectivity index (χ1) is 10.1. The van der Waals surface area contributed by atoms with Gasteiger partial charge in [0.25, 0.3) is 0 Å². The van der Waals surface area contributed by atoms with Crippen LogP contribution in [0.5, 0.6) is 5.88 Å². The molecule has 1 aromatic heterocycles. The van der Waals surface area contributed by atoms with E-state index in [0.717, 1.165) is 0 Å². The molecule has 2 rings (SSSR count). The quantitative estimate of drug-likeness (QED) is 0.858. The van der Waals surface area contributed by atoms with Crippen molar-refractivity contribution in [2.75, 3.05) is 18.5 Å². The first-order valence-electron chi connectivity index (χ1n) is 6.42. The van der Waals surface area contributed by atoms with E-state index in [1.54, 1.807) is 12.1 Å². The number of nitrogens with zero attached hydrogens (tertiary/aromatic N) is 2. The van der Waals surface area contributed by atoms with Crippen LogP contribution in [0, 0.1) is 5.82 Å². The van der Waals surface area contributed by atoms with Gasteiger partial charge in [-0.1, -0.05) is 23.7 Å². The van der Waals surface area contributed by atoms with Crippen LogP contribution in [0.4, 0.5) is 10.3 Å². The molecule has 1 heterocycles. The number of rotatable bonds is 6. The maximum atomic E-state index is 13.2. The number of aliphatic hydroxyl groups is 1. The molecule has 5 nitrogen and oxygen atoms in total. The highest BCUT2D eigenvalue weighted by Gasteiger charge is 2.14. The summed E-state index contributed by atoms with van der Waals surface area (Å²) in [5.41, 5.74) is 0.592. The van der Waals surface area contributed by atoms with Gasteiger partial charge in [-0.05, 0) is 24.6 Å². The summed E-state index contributed by atoms with van der Waals surface area (Å²) in [6.45, 7) is 2.00. The normalized spacial score (nSPS) is 12.0. The average Bonchev–Trinajstić information content (AvgIpc) is 2.48. The van der Waals surface area contributed by atoms with Crippen molar-refractivity contribution in [1.29, 1.82) is 0 Å². The van der Waals surface area contributed by atoms with E-state index in [4.69, 9.17) is 16.3 Å². The van der Waals surface area contributed by atoms with Crippen LogP contribution < -0.4 is 10.1 Å². The largest absolute Gasteiger partial charge is 0.477 e. The topological polar surface area (TPSA) is 67.3 Å². The van der Waals surface area contributed by atoms with Crippen molar-refractivity contribution in [3.8, 4) is 5.88 Å². The average molecular weight is 312 g/mol. The van der Waals surface area contributed by atoms with Gasteiger partial charge in [-0.2, -0.15) is 4.98 Å². The molecule has 0 aliphatic heterocycles. The summed E-state index contributed by atoms with van der Waals surface area (Å²) in [5.74, 6) is 0.124. The van der Waals surface area contributed by atoms with Gasteiger partial charge < -0.3 is 15.2 Å². The molecule has 0 saturated heterocycles. The minimum Gasteiger partial charge on any atom is -0.477 e. The van der Waals surface area contributed by atoms with Gasteiger partial charge in [0.2, 0.25) is 11.8 Å². The van der Waals surface area contributed by atoms with Crippen molar-refractivity contribution in [2.45, 2.75) is 13.0 Å². The fourth-order valence-electron chi connectivity index (χ4n) is 1.77. The number of hydrogen-bond acceptors (Lipinski definition) is 5. The predicted octanol–water partition coefficient (Wildman–Crippen LogP) is 2.81. The number of ether oxygens (including phenoxy) is 1. The van der Waals surface area contributed by atoms with E-state index in [1.807, 2.05) is 6.92 Å². The molecule has 0 amide bonds. The Morgan fingerprint density at radius 1 is 1.48 bits per heavy atom. The summed E-state index contributed by atoms with van der Waals surface area (Å²) in [7, 11) is 0. The second-order valence-electron chi connectivity index (χ2n) is 4.21. The molecule has 0 fully saturated rings. The smallest absolute Gasteiger partial charge is 0.237 e. The molecule has 2 N–H and O–H groups in total. The number of hydrogen-bond donors (Lipinski definition) is 2. The lowest BCUT2D eigenvalue weighted by molar-refractivity contribution is 0.275. The van der Waals surface area contributed by atoms with Crippen LogP contribution in [0.25, 0.3) is 0 Å². The predicted molar refractivity (Wildman–Crippen MR) is 78.1 cm³/mol. The Labute approximate surface area is 126 Å².